The van der Waals surface area contributed by atoms with Crippen molar-refractivity contribution in [1.82, 2.24) is 4.90 Å². The predicted octanol–water partition coefficient (Wildman–Crippen LogP) is 1.42. The number of rotatable bonds is 9. The molecule has 15 heavy (non-hydrogen) atoms. The molecule has 92 valence electrons. The summed E-state index contributed by atoms with van der Waals surface area (Å²) in [5.41, 5.74) is 5.65. The summed E-state index contributed by atoms with van der Waals surface area (Å²) in [6.45, 7) is 6.55. The summed E-state index contributed by atoms with van der Waals surface area (Å²) < 4.78 is 5.54. The Hall–Kier alpha value is 0.230. The first-order valence-corrected chi connectivity index (χ1v) is 7.05. The molecule has 3 nitrogen and oxygen atoms in total. The Balaban J connectivity index is 3.81. The first kappa shape index (κ1) is 15.2. The number of likely N-dealkylation sites (N-methyl/N-ethyl adjacent to an activating group) is 1. The molecule has 0 aromatic carbocycles. The standard InChI is InChI=1S/C11H26N2OS/c1-5-14-11(8-12)9-13(3)10(2)6-7-15-4/h10-11H,5-9,12H2,1-4H3. The highest BCUT2D eigenvalue weighted by molar-refractivity contribution is 7.98. The van der Waals surface area contributed by atoms with E-state index < -0.39 is 0 Å². The van der Waals surface area contributed by atoms with Gasteiger partial charge in [-0.3, -0.25) is 0 Å². The Morgan fingerprint density at radius 3 is 2.60 bits per heavy atom. The summed E-state index contributed by atoms with van der Waals surface area (Å²) >= 11 is 1.90. The molecule has 0 rings (SSSR count). The average molecular weight is 234 g/mol. The molecule has 0 bridgehead atoms. The summed E-state index contributed by atoms with van der Waals surface area (Å²) in [5, 5.41) is 0. The molecule has 4 heteroatoms. The van der Waals surface area contributed by atoms with Gasteiger partial charge in [-0.1, -0.05) is 0 Å². The van der Waals surface area contributed by atoms with E-state index in [-0.39, 0.29) is 6.10 Å². The lowest BCUT2D eigenvalue weighted by Crippen LogP contribution is -2.40. The monoisotopic (exact) mass is 234 g/mol. The molecular weight excluding hydrogens is 208 g/mol. The van der Waals surface area contributed by atoms with Gasteiger partial charge in [0.05, 0.1) is 6.10 Å². The van der Waals surface area contributed by atoms with Crippen LogP contribution in [0.1, 0.15) is 20.3 Å². The zero-order valence-corrected chi connectivity index (χ0v) is 11.3. The molecule has 0 heterocycles. The van der Waals surface area contributed by atoms with Crippen molar-refractivity contribution < 1.29 is 4.74 Å². The summed E-state index contributed by atoms with van der Waals surface area (Å²) in [5.74, 6) is 1.22. The van der Waals surface area contributed by atoms with Crippen molar-refractivity contribution in [2.24, 2.45) is 5.73 Å². The van der Waals surface area contributed by atoms with E-state index in [2.05, 4.69) is 25.1 Å². The minimum atomic E-state index is 0.178. The molecule has 0 aliphatic rings. The summed E-state index contributed by atoms with van der Waals surface area (Å²) in [4.78, 5) is 2.34. The number of nitrogens with zero attached hydrogens (tertiary/aromatic N) is 1. The van der Waals surface area contributed by atoms with E-state index in [1.54, 1.807) is 0 Å². The first-order valence-electron chi connectivity index (χ1n) is 5.66. The fourth-order valence-corrected chi connectivity index (χ4v) is 2.02. The van der Waals surface area contributed by atoms with Crippen molar-refractivity contribution in [3.8, 4) is 0 Å². The molecule has 0 radical (unpaired) electrons. The van der Waals surface area contributed by atoms with Crippen LogP contribution in [0.5, 0.6) is 0 Å². The molecule has 0 fully saturated rings. The Morgan fingerprint density at radius 2 is 2.13 bits per heavy atom. The highest BCUT2D eigenvalue weighted by Gasteiger charge is 2.14. The Bertz CT molecular complexity index is 147. The summed E-state index contributed by atoms with van der Waals surface area (Å²) in [6, 6.07) is 0.604. The Labute approximate surface area is 98.7 Å². The van der Waals surface area contributed by atoms with Gasteiger partial charge in [-0.2, -0.15) is 11.8 Å². The van der Waals surface area contributed by atoms with Crippen molar-refractivity contribution in [3.63, 3.8) is 0 Å². The van der Waals surface area contributed by atoms with Gasteiger partial charge in [0.15, 0.2) is 0 Å². The lowest BCUT2D eigenvalue weighted by atomic mass is 10.2. The number of hydrogen-bond donors (Lipinski definition) is 1. The van der Waals surface area contributed by atoms with Gasteiger partial charge in [0.1, 0.15) is 0 Å². The highest BCUT2D eigenvalue weighted by Crippen LogP contribution is 2.07. The fourth-order valence-electron chi connectivity index (χ4n) is 1.44. The van der Waals surface area contributed by atoms with E-state index in [1.807, 2.05) is 18.7 Å². The minimum absolute atomic E-state index is 0.178. The van der Waals surface area contributed by atoms with Crippen LogP contribution >= 0.6 is 11.8 Å². The van der Waals surface area contributed by atoms with Crippen LogP contribution in [0.15, 0.2) is 0 Å². The van der Waals surface area contributed by atoms with Gasteiger partial charge in [0, 0.05) is 25.7 Å². The molecule has 0 aliphatic carbocycles. The maximum Gasteiger partial charge on any atom is 0.0823 e. The van der Waals surface area contributed by atoms with Gasteiger partial charge >= 0.3 is 0 Å². The van der Waals surface area contributed by atoms with Crippen LogP contribution < -0.4 is 5.73 Å². The Morgan fingerprint density at radius 1 is 1.47 bits per heavy atom. The zero-order chi connectivity index (χ0) is 11.7. The van der Waals surface area contributed by atoms with Crippen LogP contribution in [0.2, 0.25) is 0 Å². The van der Waals surface area contributed by atoms with Gasteiger partial charge in [-0.15, -0.1) is 0 Å². The minimum Gasteiger partial charge on any atom is -0.376 e. The molecule has 0 spiro atoms. The highest BCUT2D eigenvalue weighted by atomic mass is 32.2. The van der Waals surface area contributed by atoms with Crippen molar-refractivity contribution in [3.05, 3.63) is 0 Å². The van der Waals surface area contributed by atoms with Crippen LogP contribution in [-0.4, -0.2) is 55.8 Å². The maximum absolute atomic E-state index is 5.65. The van der Waals surface area contributed by atoms with Crippen molar-refractivity contribution in [2.45, 2.75) is 32.4 Å². The van der Waals surface area contributed by atoms with E-state index in [4.69, 9.17) is 10.5 Å². The average Bonchev–Trinajstić information content (AvgIpc) is 2.24. The maximum atomic E-state index is 5.65. The molecule has 2 atom stereocenters. The molecule has 2 N–H and O–H groups in total. The molecule has 0 amide bonds. The lowest BCUT2D eigenvalue weighted by Gasteiger charge is -2.28. The topological polar surface area (TPSA) is 38.5 Å². The normalized spacial score (nSPS) is 15.6. The molecule has 0 aromatic heterocycles. The van der Waals surface area contributed by atoms with Crippen molar-refractivity contribution >= 4 is 11.8 Å². The van der Waals surface area contributed by atoms with Gasteiger partial charge < -0.3 is 15.4 Å². The van der Waals surface area contributed by atoms with Crippen LogP contribution in [-0.2, 0) is 4.74 Å². The van der Waals surface area contributed by atoms with Crippen LogP contribution in [0.3, 0.4) is 0 Å². The fraction of sp³-hybridized carbons (Fsp3) is 1.00. The van der Waals surface area contributed by atoms with E-state index in [0.29, 0.717) is 12.6 Å². The molecule has 2 unspecified atom stereocenters. The molecule has 0 saturated carbocycles. The van der Waals surface area contributed by atoms with Gasteiger partial charge in [0.2, 0.25) is 0 Å². The SMILES string of the molecule is CCOC(CN)CN(C)C(C)CCSC. The number of hydrogen-bond acceptors (Lipinski definition) is 4. The van der Waals surface area contributed by atoms with Gasteiger partial charge in [0.25, 0.3) is 0 Å². The largest absolute Gasteiger partial charge is 0.376 e. The zero-order valence-electron chi connectivity index (χ0n) is 10.5. The van der Waals surface area contributed by atoms with Crippen LogP contribution in [0.4, 0.5) is 0 Å². The Kier molecular flexibility index (Phi) is 9.60. The summed E-state index contributed by atoms with van der Waals surface area (Å²) in [7, 11) is 2.15. The second-order valence-corrected chi connectivity index (χ2v) is 4.87. The second kappa shape index (κ2) is 9.46. The van der Waals surface area contributed by atoms with E-state index in [0.717, 1.165) is 13.2 Å². The molecule has 0 aliphatic heterocycles. The smallest absolute Gasteiger partial charge is 0.0823 e. The summed E-state index contributed by atoms with van der Waals surface area (Å²) in [6.07, 6.45) is 3.55. The van der Waals surface area contributed by atoms with E-state index in [1.165, 1.54) is 12.2 Å². The lowest BCUT2D eigenvalue weighted by molar-refractivity contribution is 0.0370. The van der Waals surface area contributed by atoms with E-state index >= 15 is 0 Å². The third-order valence-electron chi connectivity index (χ3n) is 2.65. The molecule has 0 aromatic rings. The van der Waals surface area contributed by atoms with E-state index in [9.17, 15) is 0 Å². The quantitative estimate of drug-likeness (QED) is 0.655. The van der Waals surface area contributed by atoms with Crippen molar-refractivity contribution in [1.29, 1.82) is 0 Å². The van der Waals surface area contributed by atoms with Crippen LogP contribution in [0.25, 0.3) is 0 Å². The van der Waals surface area contributed by atoms with Crippen molar-refractivity contribution in [2.75, 3.05) is 38.8 Å². The third-order valence-corrected chi connectivity index (χ3v) is 3.29. The number of thioether (sulfide) groups is 1. The van der Waals surface area contributed by atoms with Crippen LogP contribution in [0, 0.1) is 0 Å². The number of ether oxygens (including phenoxy) is 1. The second-order valence-electron chi connectivity index (χ2n) is 3.88. The number of nitrogens with two attached hydrogens (primary N) is 1. The molecule has 0 saturated heterocycles. The molecular formula is C11H26N2OS. The predicted molar refractivity (Wildman–Crippen MR) is 69.6 cm³/mol. The first-order chi connectivity index (χ1) is 7.15. The van der Waals surface area contributed by atoms with Gasteiger partial charge in [-0.05, 0) is 39.3 Å². The third kappa shape index (κ3) is 7.17. The van der Waals surface area contributed by atoms with Gasteiger partial charge in [-0.25, -0.2) is 0 Å².